The van der Waals surface area contributed by atoms with Crippen LogP contribution < -0.4 is 0 Å². The summed E-state index contributed by atoms with van der Waals surface area (Å²) in [7, 11) is -3.20. The molecule has 18 heavy (non-hydrogen) atoms. The van der Waals surface area contributed by atoms with E-state index in [2.05, 4.69) is 4.98 Å². The van der Waals surface area contributed by atoms with Crippen LogP contribution in [0.25, 0.3) is 5.57 Å². The first kappa shape index (κ1) is 12.5. The second-order valence-electron chi connectivity index (χ2n) is 3.96. The molecule has 92 valence electrons. The number of benzene rings is 1. The second kappa shape index (κ2) is 5.14. The molecule has 0 amide bonds. The predicted molar refractivity (Wildman–Crippen MR) is 72.6 cm³/mol. The van der Waals surface area contributed by atoms with Gasteiger partial charge in [-0.3, -0.25) is 4.98 Å². The SMILES string of the molecule is CS(=O)(=O)/C=C(\c1ccccc1)c1ccncc1. The van der Waals surface area contributed by atoms with Gasteiger partial charge in [-0.15, -0.1) is 0 Å². The molecule has 0 spiro atoms. The zero-order valence-electron chi connectivity index (χ0n) is 9.95. The molecule has 3 nitrogen and oxygen atoms in total. The standard InChI is InChI=1S/C14H13NO2S/c1-18(16,17)11-14(12-5-3-2-4-6-12)13-7-9-15-10-8-13/h2-11H,1H3/b14-11+. The van der Waals surface area contributed by atoms with E-state index in [0.29, 0.717) is 5.57 Å². The van der Waals surface area contributed by atoms with Crippen LogP contribution in [-0.4, -0.2) is 19.7 Å². The van der Waals surface area contributed by atoms with Crippen molar-refractivity contribution in [3.63, 3.8) is 0 Å². The molecule has 1 aromatic heterocycles. The molecule has 2 rings (SSSR count). The Morgan fingerprint density at radius 2 is 1.56 bits per heavy atom. The van der Waals surface area contributed by atoms with E-state index in [1.165, 1.54) is 11.7 Å². The second-order valence-corrected chi connectivity index (χ2v) is 5.86. The van der Waals surface area contributed by atoms with Gasteiger partial charge in [0.2, 0.25) is 0 Å². The summed E-state index contributed by atoms with van der Waals surface area (Å²) in [6, 6.07) is 13.0. The van der Waals surface area contributed by atoms with Crippen molar-refractivity contribution in [3.8, 4) is 0 Å². The summed E-state index contributed by atoms with van der Waals surface area (Å²) >= 11 is 0. The van der Waals surface area contributed by atoms with Crippen molar-refractivity contribution >= 4 is 15.4 Å². The van der Waals surface area contributed by atoms with Gasteiger partial charge in [-0.1, -0.05) is 30.3 Å². The van der Waals surface area contributed by atoms with Crippen molar-refractivity contribution in [1.82, 2.24) is 4.98 Å². The largest absolute Gasteiger partial charge is 0.265 e. The molecule has 1 heterocycles. The molecule has 0 atom stereocenters. The van der Waals surface area contributed by atoms with Crippen molar-refractivity contribution in [2.75, 3.05) is 6.26 Å². The van der Waals surface area contributed by atoms with Gasteiger partial charge in [0, 0.05) is 29.6 Å². The molecule has 1 aromatic carbocycles. The predicted octanol–water partition coefficient (Wildman–Crippen LogP) is 2.52. The van der Waals surface area contributed by atoms with E-state index in [0.717, 1.165) is 11.1 Å². The van der Waals surface area contributed by atoms with Crippen LogP contribution >= 0.6 is 0 Å². The highest BCUT2D eigenvalue weighted by Crippen LogP contribution is 2.23. The first-order valence-corrected chi connectivity index (χ1v) is 7.39. The maximum atomic E-state index is 11.5. The summed E-state index contributed by atoms with van der Waals surface area (Å²) in [5, 5.41) is 1.29. The van der Waals surface area contributed by atoms with E-state index in [4.69, 9.17) is 0 Å². The zero-order chi connectivity index (χ0) is 13.0. The van der Waals surface area contributed by atoms with E-state index in [9.17, 15) is 8.42 Å². The zero-order valence-corrected chi connectivity index (χ0v) is 10.8. The first-order chi connectivity index (χ1) is 8.56. The van der Waals surface area contributed by atoms with Crippen LogP contribution in [0, 0.1) is 0 Å². The minimum absolute atomic E-state index is 0.681. The number of hydrogen-bond acceptors (Lipinski definition) is 3. The Hall–Kier alpha value is -1.94. The fourth-order valence-electron chi connectivity index (χ4n) is 1.67. The molecular weight excluding hydrogens is 246 g/mol. The Labute approximate surface area is 107 Å². The van der Waals surface area contributed by atoms with Gasteiger partial charge in [0.15, 0.2) is 9.84 Å². The fourth-order valence-corrected chi connectivity index (χ4v) is 2.37. The molecular formula is C14H13NO2S. The van der Waals surface area contributed by atoms with Crippen molar-refractivity contribution in [1.29, 1.82) is 0 Å². The average molecular weight is 259 g/mol. The fraction of sp³-hybridized carbons (Fsp3) is 0.0714. The van der Waals surface area contributed by atoms with Crippen LogP contribution in [0.15, 0.2) is 60.3 Å². The summed E-state index contributed by atoms with van der Waals surface area (Å²) in [6.45, 7) is 0. The van der Waals surface area contributed by atoms with Crippen molar-refractivity contribution in [2.24, 2.45) is 0 Å². The molecule has 0 saturated carbocycles. The molecule has 4 heteroatoms. The maximum absolute atomic E-state index is 11.5. The third-order valence-electron chi connectivity index (χ3n) is 2.41. The number of pyridine rings is 1. The van der Waals surface area contributed by atoms with Crippen LogP contribution in [-0.2, 0) is 9.84 Å². The topological polar surface area (TPSA) is 47.0 Å². The Bertz CT molecular complexity index is 605. The molecule has 0 fully saturated rings. The van der Waals surface area contributed by atoms with Crippen LogP contribution in [0.4, 0.5) is 0 Å². The minimum Gasteiger partial charge on any atom is -0.265 e. The third kappa shape index (κ3) is 3.28. The van der Waals surface area contributed by atoms with Crippen LogP contribution in [0.3, 0.4) is 0 Å². The summed E-state index contributed by atoms with van der Waals surface area (Å²) in [5.74, 6) is 0. The quantitative estimate of drug-likeness (QED) is 0.851. The monoisotopic (exact) mass is 259 g/mol. The number of rotatable bonds is 3. The number of hydrogen-bond donors (Lipinski definition) is 0. The molecule has 2 aromatic rings. The number of sulfone groups is 1. The molecule has 0 N–H and O–H groups in total. The summed E-state index contributed by atoms with van der Waals surface area (Å²) in [5.41, 5.74) is 2.39. The number of aromatic nitrogens is 1. The number of nitrogens with zero attached hydrogens (tertiary/aromatic N) is 1. The Morgan fingerprint density at radius 3 is 2.11 bits per heavy atom. The van der Waals surface area contributed by atoms with Gasteiger partial charge in [-0.25, -0.2) is 8.42 Å². The summed E-state index contributed by atoms with van der Waals surface area (Å²) in [6.07, 6.45) is 4.49. The molecule has 0 aliphatic carbocycles. The average Bonchev–Trinajstić information content (AvgIpc) is 2.37. The highest BCUT2D eigenvalue weighted by Gasteiger charge is 2.08. The maximum Gasteiger partial charge on any atom is 0.169 e. The molecule has 0 unspecified atom stereocenters. The van der Waals surface area contributed by atoms with Gasteiger partial charge >= 0.3 is 0 Å². The lowest BCUT2D eigenvalue weighted by molar-refractivity contribution is 0.610. The van der Waals surface area contributed by atoms with Gasteiger partial charge in [0.1, 0.15) is 0 Å². The van der Waals surface area contributed by atoms with Crippen LogP contribution in [0.5, 0.6) is 0 Å². The smallest absolute Gasteiger partial charge is 0.169 e. The third-order valence-corrected chi connectivity index (χ3v) is 3.07. The van der Waals surface area contributed by atoms with Gasteiger partial charge in [-0.05, 0) is 23.3 Å². The molecule has 0 aliphatic heterocycles. The minimum atomic E-state index is -3.20. The lowest BCUT2D eigenvalue weighted by Crippen LogP contribution is -1.95. The van der Waals surface area contributed by atoms with Crippen LogP contribution in [0.1, 0.15) is 11.1 Å². The Kier molecular flexibility index (Phi) is 3.58. The lowest BCUT2D eigenvalue weighted by atomic mass is 10.0. The van der Waals surface area contributed by atoms with E-state index in [1.807, 2.05) is 30.3 Å². The lowest BCUT2D eigenvalue weighted by Gasteiger charge is -2.07. The van der Waals surface area contributed by atoms with E-state index in [1.54, 1.807) is 24.5 Å². The molecule has 0 bridgehead atoms. The normalized spacial score (nSPS) is 12.4. The first-order valence-electron chi connectivity index (χ1n) is 5.44. The molecule has 0 saturated heterocycles. The van der Waals surface area contributed by atoms with E-state index < -0.39 is 9.84 Å². The van der Waals surface area contributed by atoms with Crippen molar-refractivity contribution < 1.29 is 8.42 Å². The van der Waals surface area contributed by atoms with Crippen molar-refractivity contribution in [2.45, 2.75) is 0 Å². The van der Waals surface area contributed by atoms with Crippen molar-refractivity contribution in [3.05, 3.63) is 71.4 Å². The van der Waals surface area contributed by atoms with Gasteiger partial charge in [0.25, 0.3) is 0 Å². The van der Waals surface area contributed by atoms with Gasteiger partial charge in [0.05, 0.1) is 0 Å². The van der Waals surface area contributed by atoms with Gasteiger partial charge < -0.3 is 0 Å². The highest BCUT2D eigenvalue weighted by atomic mass is 32.2. The van der Waals surface area contributed by atoms with E-state index >= 15 is 0 Å². The Morgan fingerprint density at radius 1 is 1.00 bits per heavy atom. The molecule has 0 radical (unpaired) electrons. The highest BCUT2D eigenvalue weighted by molar-refractivity contribution is 7.93. The summed E-state index contributed by atoms with van der Waals surface area (Å²) in [4.78, 5) is 3.94. The van der Waals surface area contributed by atoms with E-state index in [-0.39, 0.29) is 0 Å². The Balaban J connectivity index is 2.60. The van der Waals surface area contributed by atoms with Gasteiger partial charge in [-0.2, -0.15) is 0 Å². The molecule has 0 aliphatic rings. The summed E-state index contributed by atoms with van der Waals surface area (Å²) < 4.78 is 23.0. The van der Waals surface area contributed by atoms with Crippen LogP contribution in [0.2, 0.25) is 0 Å².